The van der Waals surface area contributed by atoms with Crippen molar-refractivity contribution in [2.45, 2.75) is 0 Å². The summed E-state index contributed by atoms with van der Waals surface area (Å²) in [6.07, 6.45) is 6.99. The Balaban J connectivity index is 0.00000229. The van der Waals surface area contributed by atoms with Crippen LogP contribution in [0.15, 0.2) is 97.6 Å². The molecular formula is C28H16N6Pt. The molecule has 0 aliphatic heterocycles. The fourth-order valence-electron chi connectivity index (χ4n) is 4.43. The van der Waals surface area contributed by atoms with Crippen molar-refractivity contribution >= 4 is 65.7 Å². The largest absolute Gasteiger partial charge is 2.00 e. The van der Waals surface area contributed by atoms with Gasteiger partial charge in [-0.05, 0) is 45.8 Å². The van der Waals surface area contributed by atoms with Crippen molar-refractivity contribution in [3.8, 4) is 0 Å². The summed E-state index contributed by atoms with van der Waals surface area (Å²) >= 11 is 0. The van der Waals surface area contributed by atoms with E-state index in [-0.39, 0.29) is 21.1 Å². The molecule has 6 nitrogen and oxygen atoms in total. The van der Waals surface area contributed by atoms with E-state index in [2.05, 4.69) is 34.2 Å². The molecule has 7 heteroatoms. The molecule has 0 atom stereocenters. The topological polar surface area (TPSA) is 79.8 Å². The molecular weight excluding hydrogens is 615 g/mol. The molecule has 0 aliphatic carbocycles. The van der Waals surface area contributed by atoms with Gasteiger partial charge in [-0.15, -0.1) is 22.1 Å². The molecule has 0 N–H and O–H groups in total. The van der Waals surface area contributed by atoms with E-state index in [1.807, 2.05) is 48.5 Å². The zero-order valence-electron chi connectivity index (χ0n) is 18.2. The van der Waals surface area contributed by atoms with Crippen LogP contribution in [-0.4, -0.2) is 19.9 Å². The summed E-state index contributed by atoms with van der Waals surface area (Å²) in [6, 6.07) is 24.2. The van der Waals surface area contributed by atoms with Crippen molar-refractivity contribution in [3.63, 3.8) is 0 Å². The average Bonchev–Trinajstić information content (AvgIpc) is 3.37. The minimum atomic E-state index is 0. The van der Waals surface area contributed by atoms with Crippen molar-refractivity contribution in [1.29, 1.82) is 0 Å². The van der Waals surface area contributed by atoms with Crippen LogP contribution in [0.1, 0.15) is 0 Å². The Hall–Kier alpha value is -4.15. The second kappa shape index (κ2) is 8.57. The molecule has 35 heavy (non-hydrogen) atoms. The third kappa shape index (κ3) is 3.82. The van der Waals surface area contributed by atoms with Gasteiger partial charge in [0.2, 0.25) is 0 Å². The molecule has 0 radical (unpaired) electrons. The Morgan fingerprint density at radius 3 is 1.00 bits per heavy atom. The van der Waals surface area contributed by atoms with Gasteiger partial charge in [-0.25, -0.2) is 9.97 Å². The number of benzene rings is 2. The molecule has 0 unspecified atom stereocenters. The van der Waals surface area contributed by atoms with Crippen LogP contribution in [0, 0.1) is 0 Å². The Kier molecular flexibility index (Phi) is 5.23. The fourth-order valence-corrected chi connectivity index (χ4v) is 4.43. The van der Waals surface area contributed by atoms with Gasteiger partial charge >= 0.3 is 21.1 Å². The van der Waals surface area contributed by atoms with Crippen molar-refractivity contribution in [1.82, 2.24) is 29.9 Å². The maximum Gasteiger partial charge on any atom is 2.00 e. The summed E-state index contributed by atoms with van der Waals surface area (Å²) in [4.78, 5) is 28.3. The molecule has 7 aromatic rings. The second-order valence-corrected chi connectivity index (χ2v) is 8.17. The Morgan fingerprint density at radius 2 is 0.714 bits per heavy atom. The first-order valence-electron chi connectivity index (χ1n) is 10.9. The van der Waals surface area contributed by atoms with Crippen molar-refractivity contribution in [3.05, 3.63) is 97.6 Å². The normalized spacial score (nSPS) is 11.2. The van der Waals surface area contributed by atoms with Crippen molar-refractivity contribution in [2.24, 2.45) is 0 Å². The SMILES string of the molecule is [Pt+2].c1ccc2c3cc4cncc(cc5[n-]c(cc6cncc(cc([n-]3)c2c1)n6)c1ccccc51)n4. The van der Waals surface area contributed by atoms with E-state index in [0.717, 1.165) is 65.7 Å². The predicted octanol–water partition coefficient (Wildman–Crippen LogP) is 5.78. The van der Waals surface area contributed by atoms with Crippen LogP contribution in [0.25, 0.3) is 65.7 Å². The fraction of sp³-hybridized carbons (Fsp3) is 0. The molecule has 0 aliphatic rings. The summed E-state index contributed by atoms with van der Waals surface area (Å²) in [6.45, 7) is 0. The Bertz CT molecular complexity index is 1710. The summed E-state index contributed by atoms with van der Waals surface area (Å²) in [5, 5.41) is 4.21. The van der Waals surface area contributed by atoms with E-state index >= 15 is 0 Å². The van der Waals surface area contributed by atoms with Crippen LogP contribution in [0.3, 0.4) is 0 Å². The van der Waals surface area contributed by atoms with Crippen LogP contribution in [0.4, 0.5) is 0 Å². The smallest absolute Gasteiger partial charge is 0.657 e. The minimum absolute atomic E-state index is 0. The number of hydrogen-bond acceptors (Lipinski definition) is 4. The van der Waals surface area contributed by atoms with Gasteiger partial charge in [0.05, 0.1) is 46.9 Å². The third-order valence-electron chi connectivity index (χ3n) is 5.92. The van der Waals surface area contributed by atoms with E-state index in [1.165, 1.54) is 0 Å². The zero-order chi connectivity index (χ0) is 22.5. The summed E-state index contributed by atoms with van der Waals surface area (Å²) in [7, 11) is 0. The standard InChI is InChI=1S/C28H16N6.Pt/c1-2-6-22-21(5-1)25-9-17-13-29-15-19(31-17)11-27-23-7-3-4-8-24(23)28(34-27)12-20-16-30-14-18(32-20)10-26(22)33-25;/h1-16H;/q-2;+2. The molecule has 0 spiro atoms. The second-order valence-electron chi connectivity index (χ2n) is 8.17. The molecule has 0 amide bonds. The van der Waals surface area contributed by atoms with E-state index in [4.69, 9.17) is 19.9 Å². The van der Waals surface area contributed by atoms with E-state index in [1.54, 1.807) is 24.8 Å². The number of hydrogen-bond donors (Lipinski definition) is 0. The van der Waals surface area contributed by atoms with Crippen LogP contribution in [0.5, 0.6) is 0 Å². The first kappa shape index (κ1) is 21.4. The molecule has 7 rings (SSSR count). The maximum absolute atomic E-state index is 4.90. The quantitative estimate of drug-likeness (QED) is 0.211. The molecule has 8 bridgehead atoms. The van der Waals surface area contributed by atoms with E-state index in [9.17, 15) is 0 Å². The number of rotatable bonds is 0. The van der Waals surface area contributed by atoms with E-state index < -0.39 is 0 Å². The van der Waals surface area contributed by atoms with Crippen LogP contribution in [-0.2, 0) is 21.1 Å². The number of nitrogens with zero attached hydrogens (tertiary/aromatic N) is 6. The first-order chi connectivity index (χ1) is 16.8. The number of aromatic nitrogens is 6. The van der Waals surface area contributed by atoms with Crippen molar-refractivity contribution < 1.29 is 21.1 Å². The van der Waals surface area contributed by atoms with Gasteiger partial charge in [-0.2, -0.15) is 0 Å². The van der Waals surface area contributed by atoms with Gasteiger partial charge in [0, 0.05) is 0 Å². The first-order valence-corrected chi connectivity index (χ1v) is 10.9. The molecule has 168 valence electrons. The predicted molar refractivity (Wildman–Crippen MR) is 136 cm³/mol. The summed E-state index contributed by atoms with van der Waals surface area (Å²) in [5.41, 5.74) is 6.32. The monoisotopic (exact) mass is 631 g/mol. The average molecular weight is 632 g/mol. The summed E-state index contributed by atoms with van der Waals surface area (Å²) < 4.78 is 0. The molecule has 0 saturated heterocycles. The Morgan fingerprint density at radius 1 is 0.429 bits per heavy atom. The minimum Gasteiger partial charge on any atom is -0.657 e. The zero-order valence-corrected chi connectivity index (χ0v) is 20.5. The van der Waals surface area contributed by atoms with Crippen LogP contribution < -0.4 is 9.97 Å². The summed E-state index contributed by atoms with van der Waals surface area (Å²) in [5.74, 6) is 0. The van der Waals surface area contributed by atoms with Crippen LogP contribution in [0.2, 0.25) is 0 Å². The molecule has 0 fully saturated rings. The van der Waals surface area contributed by atoms with Gasteiger partial charge in [-0.3, -0.25) is 9.97 Å². The van der Waals surface area contributed by atoms with Crippen LogP contribution >= 0.6 is 0 Å². The van der Waals surface area contributed by atoms with Gasteiger partial charge in [-0.1, -0.05) is 48.5 Å². The molecule has 0 saturated carbocycles. The third-order valence-corrected chi connectivity index (χ3v) is 5.92. The van der Waals surface area contributed by atoms with Gasteiger partial charge < -0.3 is 9.97 Å². The van der Waals surface area contributed by atoms with Gasteiger partial charge in [0.25, 0.3) is 0 Å². The maximum atomic E-state index is 4.90. The molecule has 5 heterocycles. The van der Waals surface area contributed by atoms with Gasteiger partial charge in [0.15, 0.2) is 0 Å². The molecule has 2 aromatic carbocycles. The van der Waals surface area contributed by atoms with Crippen molar-refractivity contribution in [2.75, 3.05) is 0 Å². The number of fused-ring (bicyclic) bond motifs is 14. The van der Waals surface area contributed by atoms with E-state index in [0.29, 0.717) is 0 Å². The van der Waals surface area contributed by atoms with Gasteiger partial charge in [0.1, 0.15) is 0 Å². The molecule has 5 aromatic heterocycles. The Labute approximate surface area is 213 Å².